The van der Waals surface area contributed by atoms with Crippen molar-refractivity contribution in [2.75, 3.05) is 6.54 Å². The first kappa shape index (κ1) is 15.5. The van der Waals surface area contributed by atoms with Crippen molar-refractivity contribution < 1.29 is 15.0 Å². The molecule has 21 heavy (non-hydrogen) atoms. The number of fused-ring (bicyclic) bond motifs is 1. The molecular weight excluding hydrogens is 270 g/mol. The van der Waals surface area contributed by atoms with Crippen molar-refractivity contribution in [1.82, 2.24) is 14.9 Å². The molecule has 0 amide bonds. The third kappa shape index (κ3) is 3.59. The van der Waals surface area contributed by atoms with Gasteiger partial charge in [-0.1, -0.05) is 13.0 Å². The lowest BCUT2D eigenvalue weighted by molar-refractivity contribution is -0.138. The van der Waals surface area contributed by atoms with Crippen LogP contribution in [0.25, 0.3) is 11.0 Å². The number of nitrogens with one attached hydrogen (secondary N) is 1. The van der Waals surface area contributed by atoms with E-state index in [2.05, 4.69) is 10.3 Å². The number of hydrogen-bond donors (Lipinski definition) is 3. The summed E-state index contributed by atoms with van der Waals surface area (Å²) < 4.78 is 1.90. The van der Waals surface area contributed by atoms with E-state index in [1.165, 1.54) is 0 Å². The molecule has 0 bridgehead atoms. The quantitative estimate of drug-likeness (QED) is 0.718. The van der Waals surface area contributed by atoms with Crippen LogP contribution in [-0.2, 0) is 11.8 Å². The molecule has 114 valence electrons. The van der Waals surface area contributed by atoms with Crippen LogP contribution in [0.15, 0.2) is 24.5 Å². The van der Waals surface area contributed by atoms with E-state index in [-0.39, 0.29) is 6.42 Å². The van der Waals surface area contributed by atoms with Crippen molar-refractivity contribution in [3.8, 4) is 0 Å². The van der Waals surface area contributed by atoms with Crippen molar-refractivity contribution in [2.24, 2.45) is 7.05 Å². The fraction of sp³-hybridized carbons (Fsp3) is 0.467. The van der Waals surface area contributed by atoms with Gasteiger partial charge in [-0.3, -0.25) is 4.79 Å². The Morgan fingerprint density at radius 1 is 1.48 bits per heavy atom. The Morgan fingerprint density at radius 2 is 2.24 bits per heavy atom. The average molecular weight is 291 g/mol. The Balaban J connectivity index is 2.23. The summed E-state index contributed by atoms with van der Waals surface area (Å²) in [7, 11) is 1.90. The Kier molecular flexibility index (Phi) is 4.93. The first-order chi connectivity index (χ1) is 10.0. The fourth-order valence-corrected chi connectivity index (χ4v) is 2.38. The maximum Gasteiger partial charge on any atom is 0.305 e. The lowest BCUT2D eigenvalue weighted by Crippen LogP contribution is -2.37. The molecule has 0 aliphatic carbocycles. The molecule has 0 radical (unpaired) electrons. The van der Waals surface area contributed by atoms with Gasteiger partial charge in [0, 0.05) is 13.1 Å². The van der Waals surface area contributed by atoms with Gasteiger partial charge in [0.05, 0.1) is 29.9 Å². The molecule has 6 nitrogen and oxygen atoms in total. The van der Waals surface area contributed by atoms with E-state index in [9.17, 15) is 9.90 Å². The largest absolute Gasteiger partial charge is 0.481 e. The van der Waals surface area contributed by atoms with Crippen molar-refractivity contribution in [2.45, 2.75) is 31.9 Å². The van der Waals surface area contributed by atoms with Crippen LogP contribution in [-0.4, -0.2) is 38.3 Å². The van der Waals surface area contributed by atoms with Crippen molar-refractivity contribution in [3.05, 3.63) is 30.1 Å². The molecule has 0 aliphatic rings. The van der Waals surface area contributed by atoms with E-state index in [4.69, 9.17) is 5.11 Å². The summed E-state index contributed by atoms with van der Waals surface area (Å²) in [5.41, 5.74) is 2.44. The van der Waals surface area contributed by atoms with E-state index >= 15 is 0 Å². The van der Waals surface area contributed by atoms with Gasteiger partial charge in [-0.15, -0.1) is 0 Å². The van der Waals surface area contributed by atoms with Crippen LogP contribution in [0.3, 0.4) is 0 Å². The Hall–Kier alpha value is -1.92. The van der Waals surface area contributed by atoms with Crippen LogP contribution in [0, 0.1) is 0 Å². The zero-order valence-corrected chi connectivity index (χ0v) is 12.3. The van der Waals surface area contributed by atoms with Crippen LogP contribution in [0.5, 0.6) is 0 Å². The summed E-state index contributed by atoms with van der Waals surface area (Å²) in [5.74, 6) is -0.929. The Labute approximate surface area is 123 Å². The summed E-state index contributed by atoms with van der Waals surface area (Å²) >= 11 is 0. The molecule has 3 N–H and O–H groups in total. The molecule has 0 aliphatic heterocycles. The number of nitrogens with zero attached hydrogens (tertiary/aromatic N) is 2. The van der Waals surface area contributed by atoms with Gasteiger partial charge in [-0.2, -0.15) is 0 Å². The highest BCUT2D eigenvalue weighted by atomic mass is 16.4. The summed E-state index contributed by atoms with van der Waals surface area (Å²) in [6, 6.07) is 5.00. The number of rotatable bonds is 7. The summed E-state index contributed by atoms with van der Waals surface area (Å²) in [4.78, 5) is 15.2. The van der Waals surface area contributed by atoms with Gasteiger partial charge in [0.15, 0.2) is 0 Å². The number of imidazole rings is 1. The monoisotopic (exact) mass is 291 g/mol. The average Bonchev–Trinajstić information content (AvgIpc) is 2.83. The Bertz CT molecular complexity index is 624. The summed E-state index contributed by atoms with van der Waals surface area (Å²) in [5, 5.41) is 22.5. The number of carbonyl (C=O) groups is 1. The van der Waals surface area contributed by atoms with Crippen LogP contribution in [0.4, 0.5) is 0 Å². The number of carboxylic acids is 1. The molecule has 0 saturated heterocycles. The molecule has 2 unspecified atom stereocenters. The van der Waals surface area contributed by atoms with Crippen molar-refractivity contribution >= 4 is 17.0 Å². The molecule has 0 saturated carbocycles. The minimum Gasteiger partial charge on any atom is -0.481 e. The van der Waals surface area contributed by atoms with E-state index in [1.807, 2.05) is 36.7 Å². The second-order valence-corrected chi connectivity index (χ2v) is 5.21. The molecule has 0 fully saturated rings. The minimum absolute atomic E-state index is 0.124. The highest BCUT2D eigenvalue weighted by Crippen LogP contribution is 2.23. The maximum atomic E-state index is 11.0. The van der Waals surface area contributed by atoms with E-state index in [0.717, 1.165) is 17.5 Å². The SMILES string of the molecule is CCCNC(CC(=O)O)C(O)c1ccc2c(c1)ncn2C. The molecule has 0 spiro atoms. The molecule has 2 atom stereocenters. The molecule has 2 rings (SSSR count). The van der Waals surface area contributed by atoms with E-state index < -0.39 is 18.1 Å². The van der Waals surface area contributed by atoms with E-state index in [1.54, 1.807) is 6.33 Å². The number of carboxylic acid groups (broad SMARTS) is 1. The standard InChI is InChI=1S/C15H21N3O3/c1-3-6-16-12(8-14(19)20)15(21)10-4-5-13-11(7-10)17-9-18(13)2/h4-5,7,9,12,15-16,21H,3,6,8H2,1-2H3,(H,19,20). The first-order valence-electron chi connectivity index (χ1n) is 7.07. The second-order valence-electron chi connectivity index (χ2n) is 5.21. The number of aliphatic hydroxyl groups excluding tert-OH is 1. The zero-order valence-electron chi connectivity index (χ0n) is 12.3. The van der Waals surface area contributed by atoms with Crippen LogP contribution in [0.1, 0.15) is 31.4 Å². The van der Waals surface area contributed by atoms with Crippen molar-refractivity contribution in [3.63, 3.8) is 0 Å². The molecule has 2 aromatic rings. The summed E-state index contributed by atoms with van der Waals surface area (Å²) in [6.45, 7) is 2.66. The van der Waals surface area contributed by atoms with Gasteiger partial charge >= 0.3 is 5.97 Å². The lowest BCUT2D eigenvalue weighted by Gasteiger charge is -2.23. The van der Waals surface area contributed by atoms with Gasteiger partial charge in [-0.05, 0) is 30.7 Å². The number of aliphatic carboxylic acids is 1. The lowest BCUT2D eigenvalue weighted by atomic mass is 9.99. The topological polar surface area (TPSA) is 87.4 Å². The van der Waals surface area contributed by atoms with Crippen LogP contribution < -0.4 is 5.32 Å². The second kappa shape index (κ2) is 6.69. The number of aromatic nitrogens is 2. The molecule has 1 aromatic heterocycles. The molecule has 6 heteroatoms. The molecule has 1 aromatic carbocycles. The molecular formula is C15H21N3O3. The van der Waals surface area contributed by atoms with E-state index in [0.29, 0.717) is 12.1 Å². The number of benzene rings is 1. The summed E-state index contributed by atoms with van der Waals surface area (Å²) in [6.07, 6.45) is 1.59. The van der Waals surface area contributed by atoms with Gasteiger partial charge in [0.2, 0.25) is 0 Å². The first-order valence-corrected chi connectivity index (χ1v) is 7.07. The van der Waals surface area contributed by atoms with Crippen molar-refractivity contribution in [1.29, 1.82) is 0 Å². The predicted molar refractivity (Wildman–Crippen MR) is 80.0 cm³/mol. The number of aryl methyl sites for hydroxylation is 1. The minimum atomic E-state index is -0.929. The normalized spacial score (nSPS) is 14.2. The maximum absolute atomic E-state index is 11.0. The number of hydrogen-bond acceptors (Lipinski definition) is 4. The van der Waals surface area contributed by atoms with Gasteiger partial charge < -0.3 is 20.1 Å². The van der Waals surface area contributed by atoms with Gasteiger partial charge in [0.1, 0.15) is 0 Å². The van der Waals surface area contributed by atoms with Gasteiger partial charge in [0.25, 0.3) is 0 Å². The smallest absolute Gasteiger partial charge is 0.305 e. The Morgan fingerprint density at radius 3 is 2.90 bits per heavy atom. The fourth-order valence-electron chi connectivity index (χ4n) is 2.38. The number of aliphatic hydroxyl groups is 1. The third-order valence-electron chi connectivity index (χ3n) is 3.52. The molecule has 1 heterocycles. The zero-order chi connectivity index (χ0) is 15.4. The van der Waals surface area contributed by atoms with Crippen LogP contribution >= 0.6 is 0 Å². The van der Waals surface area contributed by atoms with Crippen LogP contribution in [0.2, 0.25) is 0 Å². The highest BCUT2D eigenvalue weighted by Gasteiger charge is 2.23. The van der Waals surface area contributed by atoms with Gasteiger partial charge in [-0.25, -0.2) is 4.98 Å². The highest BCUT2D eigenvalue weighted by molar-refractivity contribution is 5.76. The predicted octanol–water partition coefficient (Wildman–Crippen LogP) is 1.45. The third-order valence-corrected chi connectivity index (χ3v) is 3.52.